The molecule has 118 valence electrons. The molecule has 3 atom stereocenters. The van der Waals surface area contributed by atoms with Crippen molar-refractivity contribution in [2.75, 3.05) is 18.0 Å². The molecule has 2 aromatic heterocycles. The highest BCUT2D eigenvalue weighted by atomic mass is 32.1. The van der Waals surface area contributed by atoms with E-state index in [2.05, 4.69) is 35.6 Å². The lowest BCUT2D eigenvalue weighted by atomic mass is 9.89. The molecule has 0 saturated carbocycles. The molecule has 22 heavy (non-hydrogen) atoms. The molecule has 3 heterocycles. The standard InChI is InChI=1S/C17H23N3OS/c1-10-4-5-13-14(6-10)22-17-15(13)16(18-9-19-17)20-7-11(2)21-12(3)8-20/h9-12H,4-8H2,1-3H3/t10-,11-,12+/m0/s1. The van der Waals surface area contributed by atoms with Crippen LogP contribution in [-0.2, 0) is 17.6 Å². The molecule has 4 rings (SSSR count). The normalized spacial score (nSPS) is 28.9. The fourth-order valence-corrected chi connectivity index (χ4v) is 5.19. The zero-order chi connectivity index (χ0) is 15.3. The molecule has 0 unspecified atom stereocenters. The Labute approximate surface area is 135 Å². The molecule has 2 aliphatic rings. The maximum absolute atomic E-state index is 5.88. The minimum absolute atomic E-state index is 0.253. The third kappa shape index (κ3) is 2.40. The van der Waals surface area contributed by atoms with E-state index in [4.69, 9.17) is 4.74 Å². The molecule has 1 aliphatic heterocycles. The number of rotatable bonds is 1. The zero-order valence-corrected chi connectivity index (χ0v) is 14.3. The van der Waals surface area contributed by atoms with Crippen LogP contribution in [0.3, 0.4) is 0 Å². The van der Waals surface area contributed by atoms with E-state index >= 15 is 0 Å². The Balaban J connectivity index is 1.81. The summed E-state index contributed by atoms with van der Waals surface area (Å²) in [4.78, 5) is 14.3. The van der Waals surface area contributed by atoms with Gasteiger partial charge in [0.25, 0.3) is 0 Å². The number of aryl methyl sites for hydroxylation is 1. The molecule has 0 aromatic carbocycles. The van der Waals surface area contributed by atoms with Crippen LogP contribution < -0.4 is 4.90 Å². The van der Waals surface area contributed by atoms with E-state index in [-0.39, 0.29) is 12.2 Å². The van der Waals surface area contributed by atoms with Crippen molar-refractivity contribution in [3.05, 3.63) is 16.8 Å². The van der Waals surface area contributed by atoms with Gasteiger partial charge in [0.05, 0.1) is 17.6 Å². The van der Waals surface area contributed by atoms with Crippen LogP contribution in [0.15, 0.2) is 6.33 Å². The molecule has 2 aromatic rings. The first kappa shape index (κ1) is 14.4. The predicted octanol–water partition coefficient (Wildman–Crippen LogP) is 3.43. The van der Waals surface area contributed by atoms with Crippen molar-refractivity contribution in [2.45, 2.75) is 52.2 Å². The Morgan fingerprint density at radius 1 is 1.18 bits per heavy atom. The molecule has 5 heteroatoms. The van der Waals surface area contributed by atoms with Crippen molar-refractivity contribution >= 4 is 27.4 Å². The Morgan fingerprint density at radius 2 is 1.95 bits per heavy atom. The highest BCUT2D eigenvalue weighted by Gasteiger charge is 2.28. The number of hydrogen-bond acceptors (Lipinski definition) is 5. The smallest absolute Gasteiger partial charge is 0.141 e. The summed E-state index contributed by atoms with van der Waals surface area (Å²) < 4.78 is 5.88. The minimum Gasteiger partial charge on any atom is -0.372 e. The van der Waals surface area contributed by atoms with E-state index < -0.39 is 0 Å². The van der Waals surface area contributed by atoms with E-state index in [0.29, 0.717) is 0 Å². The molecular formula is C17H23N3OS. The molecule has 4 nitrogen and oxygen atoms in total. The van der Waals surface area contributed by atoms with E-state index in [1.54, 1.807) is 6.33 Å². The third-order valence-corrected chi connectivity index (χ3v) is 5.95. The largest absolute Gasteiger partial charge is 0.372 e. The Morgan fingerprint density at radius 3 is 2.73 bits per heavy atom. The Bertz CT molecular complexity index is 689. The third-order valence-electron chi connectivity index (χ3n) is 4.79. The van der Waals surface area contributed by atoms with Gasteiger partial charge in [0.15, 0.2) is 0 Å². The van der Waals surface area contributed by atoms with Crippen LogP contribution in [0.5, 0.6) is 0 Å². The zero-order valence-electron chi connectivity index (χ0n) is 13.5. The van der Waals surface area contributed by atoms with Gasteiger partial charge in [-0.05, 0) is 44.6 Å². The summed E-state index contributed by atoms with van der Waals surface area (Å²) in [6.45, 7) is 8.47. The number of fused-ring (bicyclic) bond motifs is 3. The summed E-state index contributed by atoms with van der Waals surface area (Å²) in [6, 6.07) is 0. The van der Waals surface area contributed by atoms with Crippen molar-refractivity contribution in [1.29, 1.82) is 0 Å². The highest BCUT2D eigenvalue weighted by Crippen LogP contribution is 2.40. The van der Waals surface area contributed by atoms with Crippen LogP contribution in [0.1, 0.15) is 37.6 Å². The van der Waals surface area contributed by atoms with Crippen molar-refractivity contribution in [1.82, 2.24) is 9.97 Å². The van der Waals surface area contributed by atoms with Gasteiger partial charge in [-0.3, -0.25) is 0 Å². The average molecular weight is 317 g/mol. The lowest BCUT2D eigenvalue weighted by molar-refractivity contribution is -0.00537. The van der Waals surface area contributed by atoms with Gasteiger partial charge in [-0.2, -0.15) is 0 Å². The van der Waals surface area contributed by atoms with Crippen LogP contribution in [0.4, 0.5) is 5.82 Å². The maximum Gasteiger partial charge on any atom is 0.141 e. The highest BCUT2D eigenvalue weighted by molar-refractivity contribution is 7.19. The van der Waals surface area contributed by atoms with Crippen LogP contribution in [0.25, 0.3) is 10.2 Å². The number of aromatic nitrogens is 2. The SMILES string of the molecule is C[C@H]1CCc2c(sc3ncnc(N4C[C@@H](C)O[C@@H](C)C4)c23)C1. The Kier molecular flexibility index (Phi) is 3.57. The number of anilines is 1. The molecule has 0 radical (unpaired) electrons. The summed E-state index contributed by atoms with van der Waals surface area (Å²) in [5.74, 6) is 1.92. The average Bonchev–Trinajstić information content (AvgIpc) is 2.83. The molecule has 0 bridgehead atoms. The molecule has 0 spiro atoms. The van der Waals surface area contributed by atoms with Crippen molar-refractivity contribution in [3.8, 4) is 0 Å². The maximum atomic E-state index is 5.88. The number of thiophene rings is 1. The molecular weight excluding hydrogens is 294 g/mol. The molecule has 1 fully saturated rings. The van der Waals surface area contributed by atoms with Gasteiger partial charge in [0.2, 0.25) is 0 Å². The van der Waals surface area contributed by atoms with Gasteiger partial charge < -0.3 is 9.64 Å². The monoisotopic (exact) mass is 317 g/mol. The molecule has 1 saturated heterocycles. The minimum atomic E-state index is 0.253. The summed E-state index contributed by atoms with van der Waals surface area (Å²) in [7, 11) is 0. The lowest BCUT2D eigenvalue weighted by Gasteiger charge is -2.36. The van der Waals surface area contributed by atoms with Crippen molar-refractivity contribution < 1.29 is 4.74 Å². The number of morpholine rings is 1. The predicted molar refractivity (Wildman–Crippen MR) is 90.8 cm³/mol. The van der Waals surface area contributed by atoms with Crippen LogP contribution >= 0.6 is 11.3 Å². The van der Waals surface area contributed by atoms with E-state index in [9.17, 15) is 0 Å². The van der Waals surface area contributed by atoms with Gasteiger partial charge in [-0.15, -0.1) is 11.3 Å². The fourth-order valence-electron chi connectivity index (χ4n) is 3.85. The van der Waals surface area contributed by atoms with Gasteiger partial charge in [0, 0.05) is 18.0 Å². The van der Waals surface area contributed by atoms with E-state index in [1.807, 2.05) is 11.3 Å². The summed E-state index contributed by atoms with van der Waals surface area (Å²) >= 11 is 1.87. The summed E-state index contributed by atoms with van der Waals surface area (Å²) in [5.41, 5.74) is 1.51. The second kappa shape index (κ2) is 5.46. The summed E-state index contributed by atoms with van der Waals surface area (Å²) in [5, 5.41) is 1.32. The van der Waals surface area contributed by atoms with Gasteiger partial charge in [0.1, 0.15) is 17.0 Å². The first-order valence-electron chi connectivity index (χ1n) is 8.27. The van der Waals surface area contributed by atoms with Crippen molar-refractivity contribution in [3.63, 3.8) is 0 Å². The van der Waals surface area contributed by atoms with Crippen LogP contribution in [0, 0.1) is 5.92 Å². The molecule has 0 amide bonds. The van der Waals surface area contributed by atoms with Crippen LogP contribution in [-0.4, -0.2) is 35.3 Å². The first-order valence-corrected chi connectivity index (χ1v) is 9.09. The number of nitrogens with zero attached hydrogens (tertiary/aromatic N) is 3. The second-order valence-corrected chi connectivity index (χ2v) is 7.98. The van der Waals surface area contributed by atoms with Crippen LogP contribution in [0.2, 0.25) is 0 Å². The number of ether oxygens (including phenoxy) is 1. The van der Waals surface area contributed by atoms with E-state index in [0.717, 1.165) is 29.7 Å². The fraction of sp³-hybridized carbons (Fsp3) is 0.647. The van der Waals surface area contributed by atoms with Gasteiger partial charge in [-0.1, -0.05) is 6.92 Å². The number of hydrogen-bond donors (Lipinski definition) is 0. The molecule has 1 aliphatic carbocycles. The van der Waals surface area contributed by atoms with Gasteiger partial charge >= 0.3 is 0 Å². The Hall–Kier alpha value is -1.20. The first-order chi connectivity index (χ1) is 10.6. The second-order valence-electron chi connectivity index (χ2n) is 6.89. The van der Waals surface area contributed by atoms with E-state index in [1.165, 1.54) is 35.1 Å². The van der Waals surface area contributed by atoms with Crippen molar-refractivity contribution in [2.24, 2.45) is 5.92 Å². The quantitative estimate of drug-likeness (QED) is 0.808. The lowest BCUT2D eigenvalue weighted by Crippen LogP contribution is -2.46. The van der Waals surface area contributed by atoms with Gasteiger partial charge in [-0.25, -0.2) is 9.97 Å². The molecule has 0 N–H and O–H groups in total. The topological polar surface area (TPSA) is 38.2 Å². The summed E-state index contributed by atoms with van der Waals surface area (Å²) in [6.07, 6.45) is 5.89.